The summed E-state index contributed by atoms with van der Waals surface area (Å²) < 4.78 is 26.4. The number of nitrogens with one attached hydrogen (secondary N) is 1. The van der Waals surface area contributed by atoms with E-state index in [9.17, 15) is 8.42 Å². The lowest BCUT2D eigenvalue weighted by Crippen LogP contribution is -2.18. The highest BCUT2D eigenvalue weighted by Gasteiger charge is 2.12. The van der Waals surface area contributed by atoms with Crippen molar-refractivity contribution >= 4 is 26.5 Å². The normalized spacial score (nSPS) is 10.7. The maximum atomic E-state index is 12.0. The second kappa shape index (κ2) is 7.22. The Morgan fingerprint density at radius 2 is 2.05 bits per heavy atom. The molecule has 2 aromatic rings. The van der Waals surface area contributed by atoms with Crippen molar-refractivity contribution in [2.24, 2.45) is 0 Å². The number of aliphatic hydroxyl groups excluding tert-OH is 1. The summed E-state index contributed by atoms with van der Waals surface area (Å²) in [5.74, 6) is 5.16. The summed E-state index contributed by atoms with van der Waals surface area (Å²) in [5, 5.41) is 8.88. The van der Waals surface area contributed by atoms with E-state index in [0.29, 0.717) is 11.3 Å². The number of sulfonamides is 1. The number of benzene rings is 1. The zero-order chi connectivity index (χ0) is 15.1. The third-order valence-corrected chi connectivity index (χ3v) is 4.74. The predicted molar refractivity (Wildman–Crippen MR) is 83.6 cm³/mol. The molecule has 0 amide bonds. The first kappa shape index (κ1) is 15.5. The molecule has 0 fully saturated rings. The van der Waals surface area contributed by atoms with Crippen molar-refractivity contribution in [1.29, 1.82) is 0 Å². The smallest absolute Gasteiger partial charge is 0.234 e. The van der Waals surface area contributed by atoms with Crippen LogP contribution in [0, 0.1) is 11.8 Å². The highest BCUT2D eigenvalue weighted by molar-refractivity contribution is 7.92. The van der Waals surface area contributed by atoms with Crippen molar-refractivity contribution in [3.63, 3.8) is 0 Å². The first-order valence-electron chi connectivity index (χ1n) is 6.19. The fourth-order valence-electron chi connectivity index (χ4n) is 1.59. The van der Waals surface area contributed by atoms with Gasteiger partial charge < -0.3 is 5.11 Å². The predicted octanol–water partition coefficient (Wildman–Crippen LogP) is 1.47. The highest BCUT2D eigenvalue weighted by atomic mass is 32.2. The van der Waals surface area contributed by atoms with Gasteiger partial charge in [0.25, 0.3) is 0 Å². The van der Waals surface area contributed by atoms with Crippen LogP contribution in [0.5, 0.6) is 0 Å². The van der Waals surface area contributed by atoms with Crippen LogP contribution < -0.4 is 4.72 Å². The summed E-state index contributed by atoms with van der Waals surface area (Å²) in [6.45, 7) is -0.240. The lowest BCUT2D eigenvalue weighted by molar-refractivity contribution is 0.350. The number of hydrogen-bond acceptors (Lipinski definition) is 5. The van der Waals surface area contributed by atoms with E-state index < -0.39 is 10.0 Å². The van der Waals surface area contributed by atoms with Crippen molar-refractivity contribution in [2.75, 3.05) is 17.1 Å². The maximum Gasteiger partial charge on any atom is 0.234 e. The molecule has 0 saturated heterocycles. The van der Waals surface area contributed by atoms with Gasteiger partial charge in [-0.3, -0.25) is 4.72 Å². The van der Waals surface area contributed by atoms with Crippen molar-refractivity contribution in [3.05, 3.63) is 47.0 Å². The van der Waals surface area contributed by atoms with Crippen LogP contribution in [0.3, 0.4) is 0 Å². The van der Waals surface area contributed by atoms with Crippen LogP contribution in [-0.2, 0) is 16.4 Å². The van der Waals surface area contributed by atoms with Crippen LogP contribution in [-0.4, -0.2) is 30.9 Å². The van der Waals surface area contributed by atoms with Gasteiger partial charge in [-0.2, -0.15) is 0 Å². The second-order valence-corrected chi connectivity index (χ2v) is 7.02. The lowest BCUT2D eigenvalue weighted by Gasteiger charge is -2.04. The van der Waals surface area contributed by atoms with E-state index in [1.165, 1.54) is 6.20 Å². The van der Waals surface area contributed by atoms with E-state index >= 15 is 0 Å². The van der Waals surface area contributed by atoms with E-state index in [2.05, 4.69) is 21.5 Å². The zero-order valence-electron chi connectivity index (χ0n) is 11.1. The first-order valence-corrected chi connectivity index (χ1v) is 8.66. The van der Waals surface area contributed by atoms with Crippen molar-refractivity contribution in [2.45, 2.75) is 6.42 Å². The van der Waals surface area contributed by atoms with Crippen molar-refractivity contribution in [1.82, 2.24) is 4.98 Å². The standard InChI is InChI=1S/C14H14N2O3S2/c17-9-4-7-13-11-15-14(20-13)16-21(18,19)10-8-12-5-2-1-3-6-12/h1-3,5-6,11,17H,8-10H2,(H,15,16). The van der Waals surface area contributed by atoms with Gasteiger partial charge >= 0.3 is 0 Å². The minimum atomic E-state index is -3.44. The van der Waals surface area contributed by atoms with E-state index in [1.807, 2.05) is 30.3 Å². The molecule has 0 aliphatic heterocycles. The van der Waals surface area contributed by atoms with Gasteiger partial charge in [0.15, 0.2) is 5.13 Å². The van der Waals surface area contributed by atoms with Crippen LogP contribution in [0.25, 0.3) is 0 Å². The molecule has 7 heteroatoms. The van der Waals surface area contributed by atoms with Gasteiger partial charge in [0, 0.05) is 0 Å². The molecule has 0 aliphatic rings. The number of aryl methyl sites for hydroxylation is 1. The van der Waals surface area contributed by atoms with Crippen molar-refractivity contribution in [3.8, 4) is 11.8 Å². The lowest BCUT2D eigenvalue weighted by atomic mass is 10.2. The third-order valence-electron chi connectivity index (χ3n) is 2.54. The molecule has 0 bridgehead atoms. The molecule has 110 valence electrons. The first-order chi connectivity index (χ1) is 10.1. The minimum Gasteiger partial charge on any atom is -0.384 e. The molecule has 0 unspecified atom stereocenters. The molecule has 0 radical (unpaired) electrons. The minimum absolute atomic E-state index is 0.00571. The number of aromatic nitrogens is 1. The highest BCUT2D eigenvalue weighted by Crippen LogP contribution is 2.18. The molecule has 5 nitrogen and oxygen atoms in total. The summed E-state index contributed by atoms with van der Waals surface area (Å²) in [5.41, 5.74) is 0.969. The molecule has 21 heavy (non-hydrogen) atoms. The molecule has 1 heterocycles. The van der Waals surface area contributed by atoms with Gasteiger partial charge in [0.05, 0.1) is 16.8 Å². The average molecular weight is 322 g/mol. The summed E-state index contributed by atoms with van der Waals surface area (Å²) in [6, 6.07) is 9.42. The van der Waals surface area contributed by atoms with Gasteiger partial charge in [0.2, 0.25) is 10.0 Å². The van der Waals surface area contributed by atoms with Gasteiger partial charge in [-0.15, -0.1) is 0 Å². The molecule has 1 aromatic heterocycles. The van der Waals surface area contributed by atoms with Crippen LogP contribution in [0.1, 0.15) is 10.4 Å². The number of aliphatic hydroxyl groups is 1. The van der Waals surface area contributed by atoms with E-state index in [-0.39, 0.29) is 17.5 Å². The number of nitrogens with zero attached hydrogens (tertiary/aromatic N) is 1. The summed E-state index contributed by atoms with van der Waals surface area (Å²) in [4.78, 5) is 4.56. The quantitative estimate of drug-likeness (QED) is 0.817. The molecule has 2 N–H and O–H groups in total. The molecular formula is C14H14N2O3S2. The Balaban J connectivity index is 1.96. The van der Waals surface area contributed by atoms with Crippen LogP contribution in [0.2, 0.25) is 0 Å². The Morgan fingerprint density at radius 3 is 2.76 bits per heavy atom. The number of thiazole rings is 1. The molecule has 0 spiro atoms. The average Bonchev–Trinajstić information content (AvgIpc) is 2.91. The van der Waals surface area contributed by atoms with Crippen molar-refractivity contribution < 1.29 is 13.5 Å². The largest absolute Gasteiger partial charge is 0.384 e. The zero-order valence-corrected chi connectivity index (χ0v) is 12.7. The topological polar surface area (TPSA) is 79.3 Å². The summed E-state index contributed by atoms with van der Waals surface area (Å²) >= 11 is 1.14. The Bertz CT molecular complexity index is 743. The Kier molecular flexibility index (Phi) is 5.33. The molecule has 0 aliphatic carbocycles. The molecule has 1 aromatic carbocycles. The Labute approximate surface area is 127 Å². The Hall–Kier alpha value is -1.88. The van der Waals surface area contributed by atoms with Crippen LogP contribution in [0.4, 0.5) is 5.13 Å². The molecular weight excluding hydrogens is 308 g/mol. The fraction of sp³-hybridized carbons (Fsp3) is 0.214. The van der Waals surface area contributed by atoms with Gasteiger partial charge in [0.1, 0.15) is 6.61 Å². The fourth-order valence-corrected chi connectivity index (χ4v) is 3.60. The van der Waals surface area contributed by atoms with Gasteiger partial charge in [-0.05, 0) is 12.0 Å². The maximum absolute atomic E-state index is 12.0. The monoisotopic (exact) mass is 322 g/mol. The van der Waals surface area contributed by atoms with E-state index in [0.717, 1.165) is 16.9 Å². The second-order valence-electron chi connectivity index (χ2n) is 4.15. The third kappa shape index (κ3) is 5.19. The summed E-state index contributed by atoms with van der Waals surface area (Å²) in [6.07, 6.45) is 1.92. The number of hydrogen-bond donors (Lipinski definition) is 2. The van der Waals surface area contributed by atoms with Crippen LogP contribution in [0.15, 0.2) is 36.5 Å². The SMILES string of the molecule is O=S(=O)(CCc1ccccc1)Nc1ncc(C#CCO)s1. The molecule has 2 rings (SSSR count). The Morgan fingerprint density at radius 1 is 1.29 bits per heavy atom. The number of anilines is 1. The molecule has 0 atom stereocenters. The van der Waals surface area contributed by atoms with E-state index in [4.69, 9.17) is 5.11 Å². The van der Waals surface area contributed by atoms with Gasteiger partial charge in [-0.25, -0.2) is 13.4 Å². The van der Waals surface area contributed by atoms with Gasteiger partial charge in [-0.1, -0.05) is 53.5 Å². The van der Waals surface area contributed by atoms with Crippen LogP contribution >= 0.6 is 11.3 Å². The van der Waals surface area contributed by atoms with E-state index in [1.54, 1.807) is 0 Å². The summed E-state index contributed by atoms with van der Waals surface area (Å²) in [7, 11) is -3.44. The molecule has 0 saturated carbocycles. The number of rotatable bonds is 5.